The van der Waals surface area contributed by atoms with Gasteiger partial charge in [-0.3, -0.25) is 4.79 Å². The molecule has 0 spiro atoms. The van der Waals surface area contributed by atoms with Crippen LogP contribution in [0.3, 0.4) is 0 Å². The molecule has 0 heterocycles. The van der Waals surface area contributed by atoms with Gasteiger partial charge in [-0.05, 0) is 48.8 Å². The normalized spacial score (nSPS) is 27.8. The Morgan fingerprint density at radius 1 is 1.29 bits per heavy atom. The molecule has 1 aromatic rings. The SMILES string of the molecule is NS(=O)(=O)Cc1cccc(NC(=O)C2CC3CCC2C3)c1. The summed E-state index contributed by atoms with van der Waals surface area (Å²) in [4.78, 5) is 12.3. The molecule has 2 aliphatic rings. The second-order valence-corrected chi connectivity index (χ2v) is 7.89. The lowest BCUT2D eigenvalue weighted by Gasteiger charge is -2.20. The van der Waals surface area contributed by atoms with E-state index in [1.165, 1.54) is 12.8 Å². The average Bonchev–Trinajstić information content (AvgIpc) is 2.99. The largest absolute Gasteiger partial charge is 0.326 e. The molecule has 3 N–H and O–H groups in total. The number of hydrogen-bond donors (Lipinski definition) is 2. The number of primary sulfonamides is 1. The van der Waals surface area contributed by atoms with Crippen LogP contribution in [0.1, 0.15) is 31.2 Å². The lowest BCUT2D eigenvalue weighted by Crippen LogP contribution is -2.27. The lowest BCUT2D eigenvalue weighted by molar-refractivity contribution is -0.121. The van der Waals surface area contributed by atoms with Gasteiger partial charge in [-0.25, -0.2) is 13.6 Å². The van der Waals surface area contributed by atoms with E-state index in [-0.39, 0.29) is 17.6 Å². The molecular weight excluding hydrogens is 288 g/mol. The van der Waals surface area contributed by atoms with Crippen molar-refractivity contribution in [3.63, 3.8) is 0 Å². The van der Waals surface area contributed by atoms with Crippen molar-refractivity contribution >= 4 is 21.6 Å². The van der Waals surface area contributed by atoms with Crippen molar-refractivity contribution < 1.29 is 13.2 Å². The molecule has 21 heavy (non-hydrogen) atoms. The van der Waals surface area contributed by atoms with E-state index >= 15 is 0 Å². The number of sulfonamides is 1. The fourth-order valence-corrected chi connectivity index (χ4v) is 4.42. The van der Waals surface area contributed by atoms with Gasteiger partial charge in [0.15, 0.2) is 0 Å². The Kier molecular flexibility index (Phi) is 3.75. The molecule has 0 aromatic heterocycles. The van der Waals surface area contributed by atoms with E-state index in [0.717, 1.165) is 18.8 Å². The Labute approximate surface area is 125 Å². The van der Waals surface area contributed by atoms with E-state index in [2.05, 4.69) is 5.32 Å². The zero-order chi connectivity index (χ0) is 15.0. The third-order valence-electron chi connectivity index (χ3n) is 4.64. The zero-order valence-corrected chi connectivity index (χ0v) is 12.6. The van der Waals surface area contributed by atoms with Gasteiger partial charge in [0.25, 0.3) is 0 Å². The molecule has 114 valence electrons. The summed E-state index contributed by atoms with van der Waals surface area (Å²) in [6, 6.07) is 6.88. The smallest absolute Gasteiger partial charge is 0.227 e. The van der Waals surface area contributed by atoms with Gasteiger partial charge in [-0.2, -0.15) is 0 Å². The molecule has 3 unspecified atom stereocenters. The highest BCUT2D eigenvalue weighted by Crippen LogP contribution is 2.48. The van der Waals surface area contributed by atoms with Crippen LogP contribution in [0.4, 0.5) is 5.69 Å². The first-order valence-electron chi connectivity index (χ1n) is 7.31. The van der Waals surface area contributed by atoms with Gasteiger partial charge in [0.2, 0.25) is 15.9 Å². The molecule has 0 aliphatic heterocycles. The van der Waals surface area contributed by atoms with E-state index in [9.17, 15) is 13.2 Å². The van der Waals surface area contributed by atoms with E-state index < -0.39 is 10.0 Å². The van der Waals surface area contributed by atoms with Crippen LogP contribution < -0.4 is 10.5 Å². The van der Waals surface area contributed by atoms with Gasteiger partial charge in [-0.1, -0.05) is 18.6 Å². The van der Waals surface area contributed by atoms with Crippen LogP contribution in [0.2, 0.25) is 0 Å². The first-order valence-corrected chi connectivity index (χ1v) is 9.02. The van der Waals surface area contributed by atoms with Gasteiger partial charge in [0.1, 0.15) is 0 Å². The van der Waals surface area contributed by atoms with Crippen LogP contribution in [-0.4, -0.2) is 14.3 Å². The third-order valence-corrected chi connectivity index (χ3v) is 5.37. The number of carbonyl (C=O) groups is 1. The van der Waals surface area contributed by atoms with Crippen LogP contribution in [0.15, 0.2) is 24.3 Å². The Balaban J connectivity index is 1.67. The maximum absolute atomic E-state index is 12.3. The zero-order valence-electron chi connectivity index (χ0n) is 11.8. The summed E-state index contributed by atoms with van der Waals surface area (Å²) < 4.78 is 22.2. The molecule has 2 aliphatic carbocycles. The van der Waals surface area contributed by atoms with Crippen LogP contribution >= 0.6 is 0 Å². The fourth-order valence-electron chi connectivity index (χ4n) is 3.77. The van der Waals surface area contributed by atoms with Crippen molar-refractivity contribution in [2.75, 3.05) is 5.32 Å². The average molecular weight is 308 g/mol. The molecule has 5 nitrogen and oxygen atoms in total. The molecule has 1 amide bonds. The standard InChI is InChI=1S/C15H20N2O3S/c16-21(19,20)9-11-2-1-3-13(7-11)17-15(18)14-8-10-4-5-12(14)6-10/h1-3,7,10,12,14H,4-6,8-9H2,(H,17,18)(H2,16,19,20). The molecule has 6 heteroatoms. The molecular formula is C15H20N2O3S. The van der Waals surface area contributed by atoms with E-state index in [1.807, 2.05) is 0 Å². The highest BCUT2D eigenvalue weighted by molar-refractivity contribution is 7.88. The Morgan fingerprint density at radius 2 is 2.10 bits per heavy atom. The summed E-state index contributed by atoms with van der Waals surface area (Å²) in [7, 11) is -3.56. The predicted octanol–water partition coefficient (Wildman–Crippen LogP) is 1.85. The maximum Gasteiger partial charge on any atom is 0.227 e. The van der Waals surface area contributed by atoms with Crippen molar-refractivity contribution in [2.45, 2.75) is 31.4 Å². The van der Waals surface area contributed by atoms with E-state index in [0.29, 0.717) is 17.2 Å². The summed E-state index contributed by atoms with van der Waals surface area (Å²) in [6.07, 6.45) is 4.60. The quantitative estimate of drug-likeness (QED) is 0.889. The van der Waals surface area contributed by atoms with Crippen LogP contribution in [0, 0.1) is 17.8 Å². The van der Waals surface area contributed by atoms with Gasteiger partial charge in [0.05, 0.1) is 5.75 Å². The molecule has 3 atom stereocenters. The molecule has 3 rings (SSSR count). The second kappa shape index (κ2) is 5.42. The number of carbonyl (C=O) groups excluding carboxylic acids is 1. The van der Waals surface area contributed by atoms with Crippen molar-refractivity contribution in [3.8, 4) is 0 Å². The molecule has 2 fully saturated rings. The molecule has 0 saturated heterocycles. The number of fused-ring (bicyclic) bond motifs is 2. The summed E-state index contributed by atoms with van der Waals surface area (Å²) in [5.41, 5.74) is 1.23. The number of anilines is 1. The van der Waals surface area contributed by atoms with Crippen LogP contribution in [-0.2, 0) is 20.6 Å². The third kappa shape index (κ3) is 3.44. The Hall–Kier alpha value is -1.40. The molecule has 0 radical (unpaired) electrons. The summed E-state index contributed by atoms with van der Waals surface area (Å²) in [5.74, 6) is 1.22. The maximum atomic E-state index is 12.3. The van der Waals surface area contributed by atoms with Crippen molar-refractivity contribution in [3.05, 3.63) is 29.8 Å². The van der Waals surface area contributed by atoms with Crippen LogP contribution in [0.5, 0.6) is 0 Å². The van der Waals surface area contributed by atoms with Crippen molar-refractivity contribution in [2.24, 2.45) is 22.9 Å². The minimum atomic E-state index is -3.56. The number of nitrogens with one attached hydrogen (secondary N) is 1. The van der Waals surface area contributed by atoms with Gasteiger partial charge in [0, 0.05) is 11.6 Å². The monoisotopic (exact) mass is 308 g/mol. The van der Waals surface area contributed by atoms with Crippen LogP contribution in [0.25, 0.3) is 0 Å². The summed E-state index contributed by atoms with van der Waals surface area (Å²) in [6.45, 7) is 0. The molecule has 1 aromatic carbocycles. The highest BCUT2D eigenvalue weighted by atomic mass is 32.2. The highest BCUT2D eigenvalue weighted by Gasteiger charge is 2.42. The van der Waals surface area contributed by atoms with Crippen molar-refractivity contribution in [1.82, 2.24) is 0 Å². The Morgan fingerprint density at radius 3 is 2.71 bits per heavy atom. The fraction of sp³-hybridized carbons (Fsp3) is 0.533. The van der Waals surface area contributed by atoms with E-state index in [1.54, 1.807) is 24.3 Å². The summed E-state index contributed by atoms with van der Waals surface area (Å²) >= 11 is 0. The van der Waals surface area contributed by atoms with Crippen molar-refractivity contribution in [1.29, 1.82) is 0 Å². The minimum Gasteiger partial charge on any atom is -0.326 e. The topological polar surface area (TPSA) is 89.3 Å². The minimum absolute atomic E-state index is 0.0648. The summed E-state index contributed by atoms with van der Waals surface area (Å²) in [5, 5.41) is 7.96. The number of hydrogen-bond acceptors (Lipinski definition) is 3. The second-order valence-electron chi connectivity index (χ2n) is 6.28. The lowest BCUT2D eigenvalue weighted by atomic mass is 9.88. The van der Waals surface area contributed by atoms with E-state index in [4.69, 9.17) is 5.14 Å². The first-order chi connectivity index (χ1) is 9.90. The molecule has 2 bridgehead atoms. The number of amides is 1. The number of benzene rings is 1. The first kappa shape index (κ1) is 14.5. The Bertz CT molecular complexity index is 657. The van der Waals surface area contributed by atoms with Gasteiger partial charge >= 0.3 is 0 Å². The number of rotatable bonds is 4. The predicted molar refractivity (Wildman–Crippen MR) is 80.8 cm³/mol. The van der Waals surface area contributed by atoms with Gasteiger partial charge in [-0.15, -0.1) is 0 Å². The number of nitrogens with two attached hydrogens (primary N) is 1. The molecule has 2 saturated carbocycles. The van der Waals surface area contributed by atoms with Gasteiger partial charge < -0.3 is 5.32 Å².